The van der Waals surface area contributed by atoms with Crippen LogP contribution in [0.25, 0.3) is 22.0 Å². The molecule has 1 amide bonds. The maximum atomic E-state index is 12.6. The third-order valence-corrected chi connectivity index (χ3v) is 4.49. The molecule has 0 spiro atoms. The van der Waals surface area contributed by atoms with E-state index in [-0.39, 0.29) is 28.1 Å². The lowest BCUT2D eigenvalue weighted by Crippen LogP contribution is -2.27. The first-order valence-electron chi connectivity index (χ1n) is 8.69. The summed E-state index contributed by atoms with van der Waals surface area (Å²) in [5.74, 6) is 0.0543. The van der Waals surface area contributed by atoms with Crippen molar-refractivity contribution in [2.75, 3.05) is 6.54 Å². The van der Waals surface area contributed by atoms with Gasteiger partial charge in [0.25, 0.3) is 11.5 Å². The predicted molar refractivity (Wildman–Crippen MR) is 101 cm³/mol. The van der Waals surface area contributed by atoms with Gasteiger partial charge in [-0.1, -0.05) is 18.2 Å². The highest BCUT2D eigenvalue weighted by Crippen LogP contribution is 2.20. The van der Waals surface area contributed by atoms with Crippen LogP contribution in [0.15, 0.2) is 46.0 Å². The molecule has 3 aromatic heterocycles. The van der Waals surface area contributed by atoms with E-state index in [1.807, 2.05) is 35.1 Å². The second-order valence-corrected chi connectivity index (χ2v) is 6.43. The Hall–Kier alpha value is -3.42. The molecule has 0 fully saturated rings. The molecule has 0 bridgehead atoms. The number of aromatic nitrogens is 4. The normalized spacial score (nSPS) is 11.3. The number of rotatable bonds is 5. The minimum absolute atomic E-state index is 0.184. The second kappa shape index (κ2) is 6.71. The summed E-state index contributed by atoms with van der Waals surface area (Å²) in [7, 11) is 1.59. The fraction of sp³-hybridized carbons (Fsp3) is 0.263. The van der Waals surface area contributed by atoms with Crippen LogP contribution in [0.2, 0.25) is 0 Å². The summed E-state index contributed by atoms with van der Waals surface area (Å²) < 4.78 is 8.67. The number of carbonyl (C=O) groups excluding carboxylic acids is 1. The quantitative estimate of drug-likeness (QED) is 0.546. The topological polar surface area (TPSA) is 95.0 Å². The minimum Gasteiger partial charge on any atom is -0.442 e. The molecular weight excluding hydrogens is 346 g/mol. The maximum Gasteiger partial charge on any atom is 0.265 e. The monoisotopic (exact) mass is 365 g/mol. The molecule has 1 N–H and O–H groups in total. The Morgan fingerprint density at radius 3 is 2.93 bits per heavy atom. The number of fused-ring (bicyclic) bond motifs is 2. The van der Waals surface area contributed by atoms with E-state index < -0.39 is 0 Å². The van der Waals surface area contributed by atoms with Gasteiger partial charge in [0, 0.05) is 31.7 Å². The summed E-state index contributed by atoms with van der Waals surface area (Å²) in [5.41, 5.74) is 1.09. The highest BCUT2D eigenvalue weighted by atomic mass is 16.3. The summed E-state index contributed by atoms with van der Waals surface area (Å²) in [6, 6.07) is 7.92. The molecule has 0 unspecified atom stereocenters. The average molecular weight is 365 g/mol. The fourth-order valence-corrected chi connectivity index (χ4v) is 3.12. The van der Waals surface area contributed by atoms with E-state index in [9.17, 15) is 9.59 Å². The summed E-state index contributed by atoms with van der Waals surface area (Å²) in [4.78, 5) is 29.0. The molecule has 138 valence electrons. The van der Waals surface area contributed by atoms with Gasteiger partial charge in [0.05, 0.1) is 11.1 Å². The smallest absolute Gasteiger partial charge is 0.265 e. The van der Waals surface area contributed by atoms with Crippen molar-refractivity contribution < 1.29 is 9.21 Å². The summed E-state index contributed by atoms with van der Waals surface area (Å²) in [6.45, 7) is 2.80. The van der Waals surface area contributed by atoms with Gasteiger partial charge in [-0.25, -0.2) is 4.98 Å². The van der Waals surface area contributed by atoms with Crippen molar-refractivity contribution in [3.8, 4) is 0 Å². The number of benzene rings is 1. The van der Waals surface area contributed by atoms with Crippen LogP contribution in [0.3, 0.4) is 0 Å². The van der Waals surface area contributed by atoms with Crippen LogP contribution in [0.5, 0.6) is 0 Å². The van der Waals surface area contributed by atoms with Crippen LogP contribution in [0.1, 0.15) is 22.5 Å². The highest BCUT2D eigenvalue weighted by molar-refractivity contribution is 6.06. The van der Waals surface area contributed by atoms with Gasteiger partial charge in [0.15, 0.2) is 0 Å². The van der Waals surface area contributed by atoms with Gasteiger partial charge in [0.2, 0.25) is 5.71 Å². The number of furan rings is 1. The fourth-order valence-electron chi connectivity index (χ4n) is 3.12. The Bertz CT molecular complexity index is 1170. The molecule has 0 aliphatic heterocycles. The molecule has 0 aliphatic rings. The first-order chi connectivity index (χ1) is 13.0. The summed E-state index contributed by atoms with van der Waals surface area (Å²) in [5, 5.41) is 8.65. The first-order valence-corrected chi connectivity index (χ1v) is 8.69. The molecule has 27 heavy (non-hydrogen) atoms. The number of hydrogen-bond donors (Lipinski definition) is 1. The van der Waals surface area contributed by atoms with Crippen LogP contribution >= 0.6 is 0 Å². The zero-order valence-corrected chi connectivity index (χ0v) is 15.1. The van der Waals surface area contributed by atoms with Gasteiger partial charge in [-0.15, -0.1) is 0 Å². The third-order valence-electron chi connectivity index (χ3n) is 4.49. The van der Waals surface area contributed by atoms with Crippen LogP contribution in [0.4, 0.5) is 0 Å². The zero-order chi connectivity index (χ0) is 19.0. The van der Waals surface area contributed by atoms with Crippen molar-refractivity contribution in [2.45, 2.75) is 19.9 Å². The molecule has 8 nitrogen and oxygen atoms in total. The Labute approximate surface area is 154 Å². The van der Waals surface area contributed by atoms with Gasteiger partial charge in [-0.2, -0.15) is 5.10 Å². The zero-order valence-electron chi connectivity index (χ0n) is 15.1. The summed E-state index contributed by atoms with van der Waals surface area (Å²) >= 11 is 0. The molecule has 4 aromatic rings. The Morgan fingerprint density at radius 2 is 2.11 bits per heavy atom. The number of nitrogens with one attached hydrogen (secondary N) is 1. The van der Waals surface area contributed by atoms with Crippen molar-refractivity contribution in [2.24, 2.45) is 7.05 Å². The number of carbonyl (C=O) groups is 1. The lowest BCUT2D eigenvalue weighted by atomic mass is 10.2. The third kappa shape index (κ3) is 3.10. The number of nitrogens with zero attached hydrogens (tertiary/aromatic N) is 4. The number of amides is 1. The van der Waals surface area contributed by atoms with Crippen LogP contribution < -0.4 is 10.9 Å². The van der Waals surface area contributed by atoms with Crippen molar-refractivity contribution in [3.63, 3.8) is 0 Å². The molecule has 4 rings (SSSR count). The van der Waals surface area contributed by atoms with E-state index in [2.05, 4.69) is 15.4 Å². The lowest BCUT2D eigenvalue weighted by molar-refractivity contribution is 0.0952. The molecule has 0 saturated carbocycles. The number of aryl methyl sites for hydroxylation is 3. The molecule has 3 heterocycles. The SMILES string of the molecule is Cc1oc2ncn(C)c(=O)c2c1C(=O)NCCCn1cc2ccccc2n1. The molecular formula is C19H19N5O3. The predicted octanol–water partition coefficient (Wildman–Crippen LogP) is 2.00. The Morgan fingerprint density at radius 1 is 1.30 bits per heavy atom. The van der Waals surface area contributed by atoms with Gasteiger partial charge in [0.1, 0.15) is 17.5 Å². The van der Waals surface area contributed by atoms with E-state index >= 15 is 0 Å². The Kier molecular flexibility index (Phi) is 4.23. The summed E-state index contributed by atoms with van der Waals surface area (Å²) in [6.07, 6.45) is 4.08. The standard InChI is InChI=1S/C19H19N5O3/c1-12-15(16-18(27-12)21-11-23(2)19(16)26)17(25)20-8-5-9-24-10-13-6-3-4-7-14(13)22-24/h3-4,6-7,10-11H,5,8-9H2,1-2H3,(H,20,25). The highest BCUT2D eigenvalue weighted by Gasteiger charge is 2.22. The van der Waals surface area contributed by atoms with Crippen molar-refractivity contribution in [3.05, 3.63) is 58.5 Å². The molecule has 1 aromatic carbocycles. The lowest BCUT2D eigenvalue weighted by Gasteiger charge is -2.05. The largest absolute Gasteiger partial charge is 0.442 e. The minimum atomic E-state index is -0.332. The molecule has 0 atom stereocenters. The van der Waals surface area contributed by atoms with Gasteiger partial charge < -0.3 is 14.3 Å². The van der Waals surface area contributed by atoms with Crippen molar-refractivity contribution in [1.82, 2.24) is 24.6 Å². The van der Waals surface area contributed by atoms with E-state index in [0.717, 1.165) is 10.9 Å². The van der Waals surface area contributed by atoms with E-state index in [4.69, 9.17) is 4.42 Å². The van der Waals surface area contributed by atoms with Crippen LogP contribution in [-0.4, -0.2) is 31.8 Å². The van der Waals surface area contributed by atoms with E-state index in [1.54, 1.807) is 14.0 Å². The molecule has 0 saturated heterocycles. The van der Waals surface area contributed by atoms with E-state index in [0.29, 0.717) is 25.3 Å². The van der Waals surface area contributed by atoms with Crippen LogP contribution in [0, 0.1) is 6.92 Å². The molecule has 0 radical (unpaired) electrons. The van der Waals surface area contributed by atoms with E-state index in [1.165, 1.54) is 10.9 Å². The van der Waals surface area contributed by atoms with Gasteiger partial charge >= 0.3 is 0 Å². The first kappa shape index (κ1) is 17.0. The van der Waals surface area contributed by atoms with Crippen molar-refractivity contribution >= 4 is 27.9 Å². The van der Waals surface area contributed by atoms with Gasteiger partial charge in [-0.05, 0) is 19.4 Å². The van der Waals surface area contributed by atoms with Gasteiger partial charge in [-0.3, -0.25) is 14.3 Å². The Balaban J connectivity index is 1.44. The molecule has 8 heteroatoms. The average Bonchev–Trinajstić information content (AvgIpc) is 3.22. The van der Waals surface area contributed by atoms with Crippen LogP contribution in [-0.2, 0) is 13.6 Å². The molecule has 0 aliphatic carbocycles. The van der Waals surface area contributed by atoms with Crippen molar-refractivity contribution in [1.29, 1.82) is 0 Å². The maximum absolute atomic E-state index is 12.6. The number of hydrogen-bond acceptors (Lipinski definition) is 5. The second-order valence-electron chi connectivity index (χ2n) is 6.43.